The number of benzene rings is 1. The predicted octanol–water partition coefficient (Wildman–Crippen LogP) is 2.77. The molecule has 1 saturated heterocycles. The SMILES string of the molecule is O=C(C1CCCOC1)N1CCc2oc(CCc3ccccc3)nc2C1. The van der Waals surface area contributed by atoms with E-state index in [2.05, 4.69) is 17.1 Å². The Morgan fingerprint density at radius 2 is 2.12 bits per heavy atom. The largest absolute Gasteiger partial charge is 0.445 e. The summed E-state index contributed by atoms with van der Waals surface area (Å²) < 4.78 is 11.4. The van der Waals surface area contributed by atoms with E-state index in [0.717, 1.165) is 62.6 Å². The van der Waals surface area contributed by atoms with Crippen molar-refractivity contribution in [3.63, 3.8) is 0 Å². The fourth-order valence-corrected chi connectivity index (χ4v) is 3.64. The number of oxazole rings is 1. The third kappa shape index (κ3) is 3.76. The molecule has 3 heterocycles. The van der Waals surface area contributed by atoms with Crippen LogP contribution in [-0.4, -0.2) is 35.5 Å². The van der Waals surface area contributed by atoms with Crippen molar-refractivity contribution >= 4 is 5.91 Å². The number of nitrogens with zero attached hydrogens (tertiary/aromatic N) is 2. The minimum atomic E-state index is 0.0137. The maximum Gasteiger partial charge on any atom is 0.228 e. The number of hydrogen-bond acceptors (Lipinski definition) is 4. The highest BCUT2D eigenvalue weighted by Crippen LogP contribution is 2.24. The molecule has 5 heteroatoms. The molecule has 1 aromatic heterocycles. The smallest absolute Gasteiger partial charge is 0.228 e. The number of aryl methyl sites for hydroxylation is 2. The molecule has 0 saturated carbocycles. The van der Waals surface area contributed by atoms with Crippen molar-refractivity contribution in [2.24, 2.45) is 5.92 Å². The molecule has 1 amide bonds. The van der Waals surface area contributed by atoms with E-state index in [1.807, 2.05) is 23.1 Å². The van der Waals surface area contributed by atoms with Gasteiger partial charge in [-0.15, -0.1) is 0 Å². The molecule has 2 aliphatic rings. The van der Waals surface area contributed by atoms with E-state index in [1.54, 1.807) is 0 Å². The first-order valence-electron chi connectivity index (χ1n) is 9.17. The first-order chi connectivity index (χ1) is 12.3. The van der Waals surface area contributed by atoms with Crippen molar-refractivity contribution in [3.05, 3.63) is 53.2 Å². The third-order valence-electron chi connectivity index (χ3n) is 5.06. The van der Waals surface area contributed by atoms with E-state index in [-0.39, 0.29) is 11.8 Å². The van der Waals surface area contributed by atoms with Crippen LogP contribution in [0.5, 0.6) is 0 Å². The molecule has 4 rings (SSSR count). The van der Waals surface area contributed by atoms with Crippen LogP contribution in [0.4, 0.5) is 0 Å². The highest BCUT2D eigenvalue weighted by Gasteiger charge is 2.30. The van der Waals surface area contributed by atoms with Crippen molar-refractivity contribution in [3.8, 4) is 0 Å². The average molecular weight is 340 g/mol. The molecule has 1 aromatic carbocycles. The standard InChI is InChI=1S/C20H24N2O3/c23-20(16-7-4-12-24-14-16)22-11-10-18-17(13-22)21-19(25-18)9-8-15-5-2-1-3-6-15/h1-3,5-6,16H,4,7-14H2. The number of amides is 1. The van der Waals surface area contributed by atoms with Gasteiger partial charge in [-0.25, -0.2) is 4.98 Å². The number of ether oxygens (including phenoxy) is 1. The molecule has 5 nitrogen and oxygen atoms in total. The summed E-state index contributed by atoms with van der Waals surface area (Å²) >= 11 is 0. The first-order valence-corrected chi connectivity index (χ1v) is 9.17. The van der Waals surface area contributed by atoms with Gasteiger partial charge in [-0.05, 0) is 24.8 Å². The Bertz CT molecular complexity index is 720. The Labute approximate surface area is 148 Å². The van der Waals surface area contributed by atoms with Crippen LogP contribution in [0.15, 0.2) is 34.7 Å². The summed E-state index contributed by atoms with van der Waals surface area (Å²) in [6, 6.07) is 10.4. The fraction of sp³-hybridized carbons (Fsp3) is 0.500. The normalized spacial score (nSPS) is 20.3. The zero-order chi connectivity index (χ0) is 17.1. The summed E-state index contributed by atoms with van der Waals surface area (Å²) in [6.07, 6.45) is 4.38. The summed E-state index contributed by atoms with van der Waals surface area (Å²) in [4.78, 5) is 19.2. The van der Waals surface area contributed by atoms with Gasteiger partial charge in [-0.1, -0.05) is 30.3 Å². The second-order valence-electron chi connectivity index (χ2n) is 6.89. The quantitative estimate of drug-likeness (QED) is 0.859. The van der Waals surface area contributed by atoms with Gasteiger partial charge in [-0.2, -0.15) is 0 Å². The number of rotatable bonds is 4. The molecule has 1 unspecified atom stereocenters. The van der Waals surface area contributed by atoms with Gasteiger partial charge >= 0.3 is 0 Å². The van der Waals surface area contributed by atoms with Crippen molar-refractivity contribution in [2.45, 2.75) is 38.6 Å². The number of aromatic nitrogens is 1. The minimum absolute atomic E-state index is 0.0137. The van der Waals surface area contributed by atoms with Crippen molar-refractivity contribution in [2.75, 3.05) is 19.8 Å². The maximum atomic E-state index is 12.7. The van der Waals surface area contributed by atoms with Gasteiger partial charge in [0.1, 0.15) is 11.5 Å². The van der Waals surface area contributed by atoms with Crippen LogP contribution >= 0.6 is 0 Å². The maximum absolute atomic E-state index is 12.7. The van der Waals surface area contributed by atoms with E-state index in [0.29, 0.717) is 13.2 Å². The van der Waals surface area contributed by atoms with E-state index >= 15 is 0 Å². The summed E-state index contributed by atoms with van der Waals surface area (Å²) in [6.45, 7) is 2.63. The Morgan fingerprint density at radius 1 is 1.24 bits per heavy atom. The highest BCUT2D eigenvalue weighted by molar-refractivity contribution is 5.79. The average Bonchev–Trinajstić information content (AvgIpc) is 3.09. The number of hydrogen-bond donors (Lipinski definition) is 0. The van der Waals surface area contributed by atoms with Gasteiger partial charge in [0.25, 0.3) is 0 Å². The van der Waals surface area contributed by atoms with Crippen LogP contribution in [0.3, 0.4) is 0 Å². The first kappa shape index (κ1) is 16.3. The predicted molar refractivity (Wildman–Crippen MR) is 93.0 cm³/mol. The topological polar surface area (TPSA) is 55.6 Å². The van der Waals surface area contributed by atoms with E-state index in [9.17, 15) is 4.79 Å². The molecule has 25 heavy (non-hydrogen) atoms. The Morgan fingerprint density at radius 3 is 2.92 bits per heavy atom. The summed E-state index contributed by atoms with van der Waals surface area (Å²) in [5.74, 6) is 1.95. The van der Waals surface area contributed by atoms with Crippen LogP contribution in [0.25, 0.3) is 0 Å². The van der Waals surface area contributed by atoms with Crippen LogP contribution in [0, 0.1) is 5.92 Å². The molecule has 0 spiro atoms. The monoisotopic (exact) mass is 340 g/mol. The molecular formula is C20H24N2O3. The molecule has 0 radical (unpaired) electrons. The summed E-state index contributed by atoms with van der Waals surface area (Å²) in [5, 5.41) is 0. The molecule has 1 fully saturated rings. The van der Waals surface area contributed by atoms with Crippen LogP contribution in [-0.2, 0) is 35.3 Å². The lowest BCUT2D eigenvalue weighted by Gasteiger charge is -2.30. The molecule has 0 bridgehead atoms. The molecule has 2 aromatic rings. The lowest BCUT2D eigenvalue weighted by Crippen LogP contribution is -2.42. The van der Waals surface area contributed by atoms with Gasteiger partial charge in [0.2, 0.25) is 5.91 Å². The summed E-state index contributed by atoms with van der Waals surface area (Å²) in [7, 11) is 0. The Hall–Kier alpha value is -2.14. The molecule has 1 atom stereocenters. The molecule has 0 aliphatic carbocycles. The zero-order valence-corrected chi connectivity index (χ0v) is 14.4. The van der Waals surface area contributed by atoms with Gasteiger partial charge in [0, 0.05) is 26.0 Å². The van der Waals surface area contributed by atoms with Gasteiger partial charge < -0.3 is 14.1 Å². The van der Waals surface area contributed by atoms with Gasteiger partial charge in [0.05, 0.1) is 19.1 Å². The van der Waals surface area contributed by atoms with Gasteiger partial charge in [-0.3, -0.25) is 4.79 Å². The molecule has 2 aliphatic heterocycles. The van der Waals surface area contributed by atoms with Gasteiger partial charge in [0.15, 0.2) is 5.89 Å². The van der Waals surface area contributed by atoms with E-state index in [4.69, 9.17) is 9.15 Å². The molecule has 132 valence electrons. The minimum Gasteiger partial charge on any atom is -0.445 e. The molecule has 0 N–H and O–H groups in total. The number of carbonyl (C=O) groups is 1. The van der Waals surface area contributed by atoms with E-state index < -0.39 is 0 Å². The van der Waals surface area contributed by atoms with E-state index in [1.165, 1.54) is 5.56 Å². The van der Waals surface area contributed by atoms with Crippen LogP contribution in [0.1, 0.15) is 35.7 Å². The Balaban J connectivity index is 1.38. The van der Waals surface area contributed by atoms with Crippen LogP contribution in [0.2, 0.25) is 0 Å². The van der Waals surface area contributed by atoms with Crippen LogP contribution < -0.4 is 0 Å². The number of carbonyl (C=O) groups excluding carboxylic acids is 1. The van der Waals surface area contributed by atoms with Crippen molar-refractivity contribution in [1.29, 1.82) is 0 Å². The second kappa shape index (κ2) is 7.40. The van der Waals surface area contributed by atoms with Crippen molar-refractivity contribution in [1.82, 2.24) is 9.88 Å². The molecular weight excluding hydrogens is 316 g/mol. The lowest BCUT2D eigenvalue weighted by molar-refractivity contribution is -0.140. The highest BCUT2D eigenvalue weighted by atomic mass is 16.5. The fourth-order valence-electron chi connectivity index (χ4n) is 3.64. The number of fused-ring (bicyclic) bond motifs is 1. The summed E-state index contributed by atoms with van der Waals surface area (Å²) in [5.41, 5.74) is 2.21. The zero-order valence-electron chi connectivity index (χ0n) is 14.4. The Kier molecular flexibility index (Phi) is 4.83. The van der Waals surface area contributed by atoms with Crippen molar-refractivity contribution < 1.29 is 13.9 Å². The lowest BCUT2D eigenvalue weighted by atomic mass is 9.99. The second-order valence-corrected chi connectivity index (χ2v) is 6.89. The third-order valence-corrected chi connectivity index (χ3v) is 5.06.